The number of carbonyl (C=O) groups is 2. The van der Waals surface area contributed by atoms with Gasteiger partial charge in [-0.2, -0.15) is 5.10 Å². The zero-order valence-electron chi connectivity index (χ0n) is 19.5. The van der Waals surface area contributed by atoms with Crippen molar-refractivity contribution in [3.63, 3.8) is 0 Å². The first-order chi connectivity index (χ1) is 15.7. The molecule has 7 nitrogen and oxygen atoms in total. The molecule has 0 radical (unpaired) electrons. The van der Waals surface area contributed by atoms with E-state index in [1.807, 2.05) is 30.3 Å². The number of amides is 3. The number of nitrogens with one attached hydrogen (secondary N) is 1. The molecule has 0 unspecified atom stereocenters. The molecule has 2 aromatic carbocycles. The van der Waals surface area contributed by atoms with E-state index in [0.29, 0.717) is 29.7 Å². The minimum absolute atomic E-state index is 0.0843. The van der Waals surface area contributed by atoms with Crippen LogP contribution in [-0.4, -0.2) is 58.7 Å². The monoisotopic (exact) mass is 451 g/mol. The number of anilines is 1. The molecule has 0 aliphatic heterocycles. The number of hydrogen-bond donors (Lipinski definition) is 1. The summed E-state index contributed by atoms with van der Waals surface area (Å²) in [4.78, 5) is 28.5. The number of halogens is 1. The van der Waals surface area contributed by atoms with Crippen LogP contribution in [0.15, 0.2) is 60.7 Å². The molecule has 3 aromatic rings. The predicted octanol–water partition coefficient (Wildman–Crippen LogP) is 4.65. The molecular weight excluding hydrogens is 421 g/mol. The zero-order valence-corrected chi connectivity index (χ0v) is 19.5. The van der Waals surface area contributed by atoms with E-state index in [0.717, 1.165) is 12.0 Å². The number of benzene rings is 2. The quantitative estimate of drug-likeness (QED) is 0.542. The number of nitrogens with zero attached hydrogens (tertiary/aromatic N) is 4. The average molecular weight is 452 g/mol. The van der Waals surface area contributed by atoms with Crippen LogP contribution in [0.1, 0.15) is 20.3 Å². The highest BCUT2D eigenvalue weighted by Crippen LogP contribution is 2.25. The summed E-state index contributed by atoms with van der Waals surface area (Å²) in [5.41, 5.74) is 2.15. The minimum Gasteiger partial charge on any atom is -0.331 e. The molecule has 3 rings (SSSR count). The second-order valence-electron chi connectivity index (χ2n) is 8.50. The van der Waals surface area contributed by atoms with Gasteiger partial charge < -0.3 is 15.1 Å². The Morgan fingerprint density at radius 2 is 1.73 bits per heavy atom. The molecule has 8 heteroatoms. The molecule has 0 atom stereocenters. The highest BCUT2D eigenvalue weighted by atomic mass is 19.1. The van der Waals surface area contributed by atoms with Gasteiger partial charge in [-0.1, -0.05) is 44.2 Å². The Morgan fingerprint density at radius 1 is 1.06 bits per heavy atom. The highest BCUT2D eigenvalue weighted by molar-refractivity contribution is 5.94. The Labute approximate surface area is 193 Å². The molecule has 0 saturated carbocycles. The van der Waals surface area contributed by atoms with Crippen molar-refractivity contribution < 1.29 is 14.0 Å². The first-order valence-corrected chi connectivity index (χ1v) is 10.9. The molecule has 33 heavy (non-hydrogen) atoms. The molecule has 0 bridgehead atoms. The van der Waals surface area contributed by atoms with Gasteiger partial charge in [0.05, 0.1) is 11.4 Å². The van der Waals surface area contributed by atoms with Gasteiger partial charge in [0, 0.05) is 32.3 Å². The third kappa shape index (κ3) is 6.41. The molecule has 0 spiro atoms. The summed E-state index contributed by atoms with van der Waals surface area (Å²) in [6, 6.07) is 17.0. The van der Waals surface area contributed by atoms with Crippen LogP contribution < -0.4 is 5.32 Å². The fourth-order valence-electron chi connectivity index (χ4n) is 3.29. The Hall–Kier alpha value is -3.68. The van der Waals surface area contributed by atoms with Crippen molar-refractivity contribution in [3.05, 3.63) is 66.5 Å². The van der Waals surface area contributed by atoms with Crippen molar-refractivity contribution in [2.45, 2.75) is 20.3 Å². The Morgan fingerprint density at radius 3 is 2.33 bits per heavy atom. The molecule has 174 valence electrons. The smallest absolute Gasteiger partial charge is 0.319 e. The summed E-state index contributed by atoms with van der Waals surface area (Å²) in [5.74, 6) is 0.144. The van der Waals surface area contributed by atoms with E-state index in [1.54, 1.807) is 37.0 Å². The number of aromatic nitrogens is 2. The average Bonchev–Trinajstić information content (AvgIpc) is 3.20. The van der Waals surface area contributed by atoms with E-state index in [2.05, 4.69) is 24.3 Å². The van der Waals surface area contributed by atoms with Crippen LogP contribution >= 0.6 is 0 Å². The fourth-order valence-corrected chi connectivity index (χ4v) is 3.29. The van der Waals surface area contributed by atoms with Crippen LogP contribution in [0.5, 0.6) is 0 Å². The van der Waals surface area contributed by atoms with Gasteiger partial charge in [-0.3, -0.25) is 4.79 Å². The van der Waals surface area contributed by atoms with E-state index in [1.165, 1.54) is 21.9 Å². The number of hydrogen-bond acceptors (Lipinski definition) is 3. The van der Waals surface area contributed by atoms with E-state index in [-0.39, 0.29) is 24.3 Å². The van der Waals surface area contributed by atoms with Gasteiger partial charge in [-0.25, -0.2) is 13.9 Å². The Bertz CT molecular complexity index is 1080. The van der Waals surface area contributed by atoms with E-state index in [9.17, 15) is 14.0 Å². The van der Waals surface area contributed by atoms with Crippen LogP contribution in [0, 0.1) is 11.7 Å². The van der Waals surface area contributed by atoms with E-state index < -0.39 is 0 Å². The fraction of sp³-hybridized carbons (Fsp3) is 0.320. The molecular formula is C25H30FN5O2. The molecule has 1 aromatic heterocycles. The maximum atomic E-state index is 13.5. The van der Waals surface area contributed by atoms with Crippen molar-refractivity contribution in [1.82, 2.24) is 19.6 Å². The first kappa shape index (κ1) is 24.0. The minimum atomic E-state index is -0.359. The van der Waals surface area contributed by atoms with E-state index >= 15 is 0 Å². The summed E-state index contributed by atoms with van der Waals surface area (Å²) in [7, 11) is 3.33. The lowest BCUT2D eigenvalue weighted by atomic mass is 10.1. The first-order valence-electron chi connectivity index (χ1n) is 10.9. The molecule has 0 aliphatic rings. The third-order valence-corrected chi connectivity index (χ3v) is 5.08. The van der Waals surface area contributed by atoms with Crippen LogP contribution in [0.25, 0.3) is 16.9 Å². The molecule has 0 fully saturated rings. The molecule has 1 N–H and O–H groups in total. The molecule has 3 amide bonds. The van der Waals surface area contributed by atoms with Gasteiger partial charge >= 0.3 is 6.03 Å². The van der Waals surface area contributed by atoms with Gasteiger partial charge in [0.2, 0.25) is 5.91 Å². The van der Waals surface area contributed by atoms with Crippen molar-refractivity contribution in [3.8, 4) is 16.9 Å². The topological polar surface area (TPSA) is 70.5 Å². The predicted molar refractivity (Wildman–Crippen MR) is 128 cm³/mol. The Balaban J connectivity index is 1.87. The maximum absolute atomic E-state index is 13.5. The van der Waals surface area contributed by atoms with Crippen LogP contribution in [-0.2, 0) is 4.79 Å². The van der Waals surface area contributed by atoms with Crippen LogP contribution in [0.3, 0.4) is 0 Å². The maximum Gasteiger partial charge on any atom is 0.319 e. The van der Waals surface area contributed by atoms with Gasteiger partial charge in [0.1, 0.15) is 18.2 Å². The SMILES string of the molecule is CC(C)CCN(CC(=O)Nc1cc(-c2ccccc2)nn1-c1ccc(F)cc1)C(=O)N(C)C. The third-order valence-electron chi connectivity index (χ3n) is 5.08. The lowest BCUT2D eigenvalue weighted by Gasteiger charge is -2.26. The normalized spacial score (nSPS) is 10.8. The van der Waals surface area contributed by atoms with Crippen LogP contribution in [0.4, 0.5) is 15.0 Å². The summed E-state index contributed by atoms with van der Waals surface area (Å²) < 4.78 is 15.0. The lowest BCUT2D eigenvalue weighted by Crippen LogP contribution is -2.44. The van der Waals surface area contributed by atoms with Gasteiger partial charge in [-0.05, 0) is 36.6 Å². The molecule has 0 saturated heterocycles. The molecule has 1 heterocycles. The van der Waals surface area contributed by atoms with Crippen molar-refractivity contribution >= 4 is 17.8 Å². The Kier molecular flexibility index (Phi) is 7.82. The number of carbonyl (C=O) groups excluding carboxylic acids is 2. The summed E-state index contributed by atoms with van der Waals surface area (Å²) in [5, 5.41) is 7.51. The zero-order chi connectivity index (χ0) is 24.0. The highest BCUT2D eigenvalue weighted by Gasteiger charge is 2.21. The van der Waals surface area contributed by atoms with Gasteiger partial charge in [0.15, 0.2) is 0 Å². The number of urea groups is 1. The van der Waals surface area contributed by atoms with Gasteiger partial charge in [-0.15, -0.1) is 0 Å². The lowest BCUT2D eigenvalue weighted by molar-refractivity contribution is -0.116. The second-order valence-corrected chi connectivity index (χ2v) is 8.50. The number of rotatable bonds is 8. The summed E-state index contributed by atoms with van der Waals surface area (Å²) in [6.45, 7) is 4.54. The standard InChI is InChI=1S/C25H30FN5O2/c1-18(2)14-15-30(25(33)29(3)4)17-24(32)27-23-16-22(19-8-6-5-7-9-19)28-31(23)21-12-10-20(26)11-13-21/h5-13,16,18H,14-15,17H2,1-4H3,(H,27,32). The van der Waals surface area contributed by atoms with Crippen molar-refractivity contribution in [1.29, 1.82) is 0 Å². The van der Waals surface area contributed by atoms with Crippen molar-refractivity contribution in [2.75, 3.05) is 32.5 Å². The second kappa shape index (κ2) is 10.8. The molecule has 0 aliphatic carbocycles. The van der Waals surface area contributed by atoms with E-state index in [4.69, 9.17) is 0 Å². The largest absolute Gasteiger partial charge is 0.331 e. The summed E-state index contributed by atoms with van der Waals surface area (Å²) >= 11 is 0. The van der Waals surface area contributed by atoms with Crippen molar-refractivity contribution in [2.24, 2.45) is 5.92 Å². The van der Waals surface area contributed by atoms with Gasteiger partial charge in [0.25, 0.3) is 0 Å². The summed E-state index contributed by atoms with van der Waals surface area (Å²) in [6.07, 6.45) is 0.790. The van der Waals surface area contributed by atoms with Crippen LogP contribution in [0.2, 0.25) is 0 Å².